The van der Waals surface area contributed by atoms with Crippen LogP contribution in [0.2, 0.25) is 0 Å². The van der Waals surface area contributed by atoms with Crippen LogP contribution in [-0.2, 0) is 25.5 Å². The largest absolute Gasteiger partial charge is 0.466 e. The molecular weight excluding hydrogens is 356 g/mol. The van der Waals surface area contributed by atoms with Crippen molar-refractivity contribution in [1.82, 2.24) is 0 Å². The zero-order valence-electron chi connectivity index (χ0n) is 15.7. The van der Waals surface area contributed by atoms with Crippen molar-refractivity contribution in [2.45, 2.75) is 38.4 Å². The highest BCUT2D eigenvalue weighted by atomic mass is 16.6. The van der Waals surface area contributed by atoms with Crippen LogP contribution < -0.4 is 0 Å². The number of aliphatic hydroxyl groups is 1. The van der Waals surface area contributed by atoms with Crippen LogP contribution >= 0.6 is 0 Å². The van der Waals surface area contributed by atoms with Crippen LogP contribution in [0.25, 0.3) is 21.5 Å². The lowest BCUT2D eigenvalue weighted by atomic mass is 9.83. The van der Waals surface area contributed by atoms with Crippen molar-refractivity contribution in [3.63, 3.8) is 0 Å². The second-order valence-electron chi connectivity index (χ2n) is 7.01. The summed E-state index contributed by atoms with van der Waals surface area (Å²) in [5.41, 5.74) is 1.87. The van der Waals surface area contributed by atoms with Gasteiger partial charge in [0.2, 0.25) is 0 Å². The average Bonchev–Trinajstić information content (AvgIpc) is 2.69. The highest BCUT2D eigenvalue weighted by Gasteiger charge is 2.32. The van der Waals surface area contributed by atoms with Crippen LogP contribution in [0.3, 0.4) is 0 Å². The third kappa shape index (κ3) is 3.34. The molecule has 3 aromatic rings. The molecule has 0 amide bonds. The Balaban J connectivity index is 1.61. The van der Waals surface area contributed by atoms with Gasteiger partial charge in [0.25, 0.3) is 0 Å². The molecule has 0 unspecified atom stereocenters. The van der Waals surface area contributed by atoms with Gasteiger partial charge in [-0.15, -0.1) is 0 Å². The van der Waals surface area contributed by atoms with E-state index in [-0.39, 0.29) is 6.61 Å². The SMILES string of the molecule is CCOC(=O)CC(=O)O[C@H]1CCc2c(ccc3c2ccc2ccccc23)[C@H]1O. The van der Waals surface area contributed by atoms with Crippen molar-refractivity contribution in [3.05, 3.63) is 59.7 Å². The number of esters is 2. The lowest BCUT2D eigenvalue weighted by molar-refractivity contribution is -0.162. The highest BCUT2D eigenvalue weighted by molar-refractivity contribution is 6.08. The Morgan fingerprint density at radius 2 is 1.79 bits per heavy atom. The molecule has 0 bridgehead atoms. The molecule has 0 aliphatic heterocycles. The molecule has 0 saturated carbocycles. The third-order valence-corrected chi connectivity index (χ3v) is 5.30. The Kier molecular flexibility index (Phi) is 5.01. The average molecular weight is 378 g/mol. The molecular formula is C23H22O5. The fourth-order valence-electron chi connectivity index (χ4n) is 4.03. The van der Waals surface area contributed by atoms with Gasteiger partial charge in [-0.1, -0.05) is 48.5 Å². The second kappa shape index (κ2) is 7.60. The summed E-state index contributed by atoms with van der Waals surface area (Å²) in [7, 11) is 0. The quantitative estimate of drug-likeness (QED) is 0.424. The van der Waals surface area contributed by atoms with Crippen LogP contribution in [-0.4, -0.2) is 29.8 Å². The van der Waals surface area contributed by atoms with E-state index in [2.05, 4.69) is 24.3 Å². The predicted octanol–water partition coefficient (Wildman–Crippen LogP) is 3.84. The number of fused-ring (bicyclic) bond motifs is 5. The number of hydrogen-bond acceptors (Lipinski definition) is 5. The minimum absolute atomic E-state index is 0.216. The van der Waals surface area contributed by atoms with Gasteiger partial charge in [0.15, 0.2) is 0 Å². The van der Waals surface area contributed by atoms with Crippen LogP contribution in [0.15, 0.2) is 48.5 Å². The smallest absolute Gasteiger partial charge is 0.317 e. The van der Waals surface area contributed by atoms with Crippen molar-refractivity contribution in [3.8, 4) is 0 Å². The molecule has 0 spiro atoms. The van der Waals surface area contributed by atoms with E-state index in [1.54, 1.807) is 6.92 Å². The Labute approximate surface area is 162 Å². The van der Waals surface area contributed by atoms with Crippen molar-refractivity contribution in [1.29, 1.82) is 0 Å². The summed E-state index contributed by atoms with van der Waals surface area (Å²) < 4.78 is 10.1. The lowest BCUT2D eigenvalue weighted by Crippen LogP contribution is -2.31. The minimum atomic E-state index is -0.911. The molecule has 3 aromatic carbocycles. The minimum Gasteiger partial charge on any atom is -0.466 e. The van der Waals surface area contributed by atoms with E-state index in [1.165, 1.54) is 10.8 Å². The summed E-state index contributed by atoms with van der Waals surface area (Å²) in [5.74, 6) is -1.28. The molecule has 5 heteroatoms. The monoisotopic (exact) mass is 378 g/mol. The van der Waals surface area contributed by atoms with Gasteiger partial charge in [-0.2, -0.15) is 0 Å². The molecule has 1 aliphatic rings. The predicted molar refractivity (Wildman–Crippen MR) is 106 cm³/mol. The first-order valence-corrected chi connectivity index (χ1v) is 9.55. The van der Waals surface area contributed by atoms with Crippen molar-refractivity contribution in [2.75, 3.05) is 6.61 Å². The molecule has 0 heterocycles. The van der Waals surface area contributed by atoms with E-state index in [9.17, 15) is 14.7 Å². The topological polar surface area (TPSA) is 72.8 Å². The standard InChI is InChI=1S/C23H22O5/c1-2-27-21(24)13-22(25)28-20-12-11-18-17-8-7-14-5-3-4-6-15(14)16(17)9-10-19(18)23(20)26/h3-10,20,23,26H,2,11-13H2,1H3/t20-,23+/m0/s1. The van der Waals surface area contributed by atoms with E-state index < -0.39 is 30.6 Å². The van der Waals surface area contributed by atoms with E-state index in [4.69, 9.17) is 9.47 Å². The normalized spacial score (nSPS) is 18.6. The summed E-state index contributed by atoms with van der Waals surface area (Å²) in [6, 6.07) is 16.3. The van der Waals surface area contributed by atoms with Gasteiger partial charge in [0, 0.05) is 0 Å². The lowest BCUT2D eigenvalue weighted by Gasteiger charge is -2.30. The molecule has 144 valence electrons. The number of ether oxygens (including phenoxy) is 2. The van der Waals surface area contributed by atoms with Crippen molar-refractivity contribution in [2.24, 2.45) is 0 Å². The Morgan fingerprint density at radius 3 is 2.61 bits per heavy atom. The molecule has 4 rings (SSSR count). The molecule has 1 N–H and O–H groups in total. The van der Waals surface area contributed by atoms with Crippen LogP contribution in [0.1, 0.15) is 37.0 Å². The number of aryl methyl sites for hydroxylation is 1. The van der Waals surface area contributed by atoms with Gasteiger partial charge in [-0.25, -0.2) is 0 Å². The molecule has 1 aliphatic carbocycles. The van der Waals surface area contributed by atoms with Gasteiger partial charge >= 0.3 is 11.9 Å². The molecule has 2 atom stereocenters. The summed E-state index contributed by atoms with van der Waals surface area (Å²) in [6.07, 6.45) is -0.806. The van der Waals surface area contributed by atoms with Gasteiger partial charge in [-0.3, -0.25) is 9.59 Å². The first kappa shape index (κ1) is 18.4. The molecule has 28 heavy (non-hydrogen) atoms. The first-order chi connectivity index (χ1) is 13.6. The van der Waals surface area contributed by atoms with Crippen LogP contribution in [0.4, 0.5) is 0 Å². The molecule has 0 fully saturated rings. The molecule has 0 saturated heterocycles. The van der Waals surface area contributed by atoms with E-state index >= 15 is 0 Å². The summed E-state index contributed by atoms with van der Waals surface area (Å²) >= 11 is 0. The van der Waals surface area contributed by atoms with Gasteiger partial charge in [-0.05, 0) is 52.4 Å². The van der Waals surface area contributed by atoms with Crippen LogP contribution in [0.5, 0.6) is 0 Å². The summed E-state index contributed by atoms with van der Waals surface area (Å²) in [4.78, 5) is 23.4. The number of hydrogen-bond donors (Lipinski definition) is 1. The third-order valence-electron chi connectivity index (χ3n) is 5.30. The fourth-order valence-corrected chi connectivity index (χ4v) is 4.03. The van der Waals surface area contributed by atoms with Crippen molar-refractivity contribution < 1.29 is 24.2 Å². The maximum atomic E-state index is 12.0. The van der Waals surface area contributed by atoms with Gasteiger partial charge in [0.1, 0.15) is 18.6 Å². The Bertz CT molecular complexity index is 1060. The van der Waals surface area contributed by atoms with E-state index in [0.717, 1.165) is 21.9 Å². The number of carbonyl (C=O) groups is 2. The Morgan fingerprint density at radius 1 is 1.00 bits per heavy atom. The highest BCUT2D eigenvalue weighted by Crippen LogP contribution is 2.38. The zero-order valence-corrected chi connectivity index (χ0v) is 15.7. The van der Waals surface area contributed by atoms with E-state index in [0.29, 0.717) is 12.8 Å². The first-order valence-electron chi connectivity index (χ1n) is 9.55. The Hall–Kier alpha value is -2.92. The number of rotatable bonds is 4. The maximum absolute atomic E-state index is 12.0. The fraction of sp³-hybridized carbons (Fsp3) is 0.304. The molecule has 0 radical (unpaired) electrons. The van der Waals surface area contributed by atoms with Gasteiger partial charge in [0.05, 0.1) is 6.61 Å². The zero-order chi connectivity index (χ0) is 19.7. The number of aliphatic hydroxyl groups excluding tert-OH is 1. The second-order valence-corrected chi connectivity index (χ2v) is 7.01. The molecule has 0 aromatic heterocycles. The molecule has 5 nitrogen and oxygen atoms in total. The van der Waals surface area contributed by atoms with Gasteiger partial charge < -0.3 is 14.6 Å². The number of benzene rings is 3. The summed E-state index contributed by atoms with van der Waals surface area (Å²) in [5, 5.41) is 15.4. The van der Waals surface area contributed by atoms with Crippen molar-refractivity contribution >= 4 is 33.5 Å². The maximum Gasteiger partial charge on any atom is 0.317 e. The van der Waals surface area contributed by atoms with E-state index in [1.807, 2.05) is 24.3 Å². The summed E-state index contributed by atoms with van der Waals surface area (Å²) in [6.45, 7) is 1.89. The number of carbonyl (C=O) groups excluding carboxylic acids is 2. The van der Waals surface area contributed by atoms with Crippen LogP contribution in [0, 0.1) is 0 Å².